The summed E-state index contributed by atoms with van der Waals surface area (Å²) >= 11 is 0. The molecule has 1 aromatic heterocycles. The average Bonchev–Trinajstić information content (AvgIpc) is 3.28. The number of aromatic nitrogens is 1. The Morgan fingerprint density at radius 1 is 0.875 bits per heavy atom. The zero-order chi connectivity index (χ0) is 22.0. The summed E-state index contributed by atoms with van der Waals surface area (Å²) in [6, 6.07) is 22.8. The molecular formula is C27H23N3O2. The first-order valence-electron chi connectivity index (χ1n) is 10.9. The number of anilines is 1. The van der Waals surface area contributed by atoms with Gasteiger partial charge in [-0.15, -0.1) is 0 Å². The number of amides is 3. The Hall–Kier alpha value is -3.86. The summed E-state index contributed by atoms with van der Waals surface area (Å²) in [6.07, 6.45) is 0.509. The van der Waals surface area contributed by atoms with Crippen molar-refractivity contribution < 1.29 is 9.59 Å². The molecule has 0 radical (unpaired) electrons. The molecule has 1 N–H and O–H groups in total. The van der Waals surface area contributed by atoms with Crippen molar-refractivity contribution in [1.82, 2.24) is 9.88 Å². The summed E-state index contributed by atoms with van der Waals surface area (Å²) in [4.78, 5) is 34.1. The molecule has 2 atom stereocenters. The third-order valence-electron chi connectivity index (χ3n) is 6.70. The highest BCUT2D eigenvalue weighted by molar-refractivity contribution is 6.22. The summed E-state index contributed by atoms with van der Waals surface area (Å²) in [5, 5.41) is 1.12. The molecule has 5 nitrogen and oxygen atoms in total. The number of nitrogens with one attached hydrogen (secondary N) is 1. The highest BCUT2D eigenvalue weighted by Crippen LogP contribution is 2.44. The van der Waals surface area contributed by atoms with Gasteiger partial charge in [-0.3, -0.25) is 9.69 Å². The highest BCUT2D eigenvalue weighted by atomic mass is 16.2. The molecule has 2 aliphatic rings. The van der Waals surface area contributed by atoms with Gasteiger partial charge in [0.15, 0.2) is 0 Å². The van der Waals surface area contributed by atoms with Crippen LogP contribution in [0.25, 0.3) is 10.9 Å². The molecule has 3 aromatic carbocycles. The van der Waals surface area contributed by atoms with E-state index in [4.69, 9.17) is 0 Å². The van der Waals surface area contributed by atoms with E-state index in [1.807, 2.05) is 56.3 Å². The van der Waals surface area contributed by atoms with Crippen LogP contribution in [0.5, 0.6) is 0 Å². The van der Waals surface area contributed by atoms with E-state index in [9.17, 15) is 9.59 Å². The van der Waals surface area contributed by atoms with Crippen LogP contribution in [-0.4, -0.2) is 27.9 Å². The summed E-state index contributed by atoms with van der Waals surface area (Å²) in [7, 11) is 0. The van der Waals surface area contributed by atoms with Gasteiger partial charge in [0, 0.05) is 23.0 Å². The molecule has 6 rings (SSSR count). The molecule has 3 heterocycles. The number of rotatable bonds is 2. The third-order valence-corrected chi connectivity index (χ3v) is 6.70. The lowest BCUT2D eigenvalue weighted by molar-refractivity contribution is -0.120. The molecule has 0 saturated carbocycles. The van der Waals surface area contributed by atoms with Crippen LogP contribution in [0.3, 0.4) is 0 Å². The van der Waals surface area contributed by atoms with E-state index in [-0.39, 0.29) is 18.0 Å². The Bertz CT molecular complexity index is 1390. The van der Waals surface area contributed by atoms with Crippen molar-refractivity contribution in [2.24, 2.45) is 0 Å². The molecule has 0 bridgehead atoms. The number of nitrogens with zero attached hydrogens (tertiary/aromatic N) is 2. The van der Waals surface area contributed by atoms with Crippen molar-refractivity contribution in [1.29, 1.82) is 0 Å². The number of hydrogen-bond acceptors (Lipinski definition) is 2. The largest absolute Gasteiger partial charge is 0.356 e. The molecular weight excluding hydrogens is 398 g/mol. The van der Waals surface area contributed by atoms with Crippen LogP contribution in [0.15, 0.2) is 72.8 Å². The summed E-state index contributed by atoms with van der Waals surface area (Å²) < 4.78 is 0. The van der Waals surface area contributed by atoms with Gasteiger partial charge in [0.05, 0.1) is 5.69 Å². The van der Waals surface area contributed by atoms with E-state index >= 15 is 0 Å². The minimum Gasteiger partial charge on any atom is -0.356 e. The van der Waals surface area contributed by atoms with Crippen LogP contribution >= 0.6 is 0 Å². The topological polar surface area (TPSA) is 56.4 Å². The van der Waals surface area contributed by atoms with Crippen molar-refractivity contribution >= 4 is 28.5 Å². The molecule has 5 heteroatoms. The first kappa shape index (κ1) is 18.9. The highest BCUT2D eigenvalue weighted by Gasteiger charge is 2.53. The van der Waals surface area contributed by atoms with Crippen molar-refractivity contribution in [2.45, 2.75) is 32.4 Å². The minimum absolute atomic E-state index is 0.159. The summed E-state index contributed by atoms with van der Waals surface area (Å²) in [5.74, 6) is -0.159. The summed E-state index contributed by atoms with van der Waals surface area (Å²) in [6.45, 7) is 4.01. The van der Waals surface area contributed by atoms with Gasteiger partial charge in [-0.2, -0.15) is 0 Å². The fraction of sp³-hybridized carbons (Fsp3) is 0.185. The van der Waals surface area contributed by atoms with Crippen molar-refractivity contribution in [3.05, 3.63) is 101 Å². The number of imide groups is 1. The van der Waals surface area contributed by atoms with Gasteiger partial charge < -0.3 is 4.98 Å². The van der Waals surface area contributed by atoms with E-state index in [1.54, 1.807) is 4.90 Å². The first-order chi connectivity index (χ1) is 15.5. The van der Waals surface area contributed by atoms with E-state index in [0.717, 1.165) is 38.9 Å². The van der Waals surface area contributed by atoms with Gasteiger partial charge in [-0.25, -0.2) is 9.69 Å². The van der Waals surface area contributed by atoms with Crippen LogP contribution in [0.4, 0.5) is 10.5 Å². The number of hydrogen-bond donors (Lipinski definition) is 1. The van der Waals surface area contributed by atoms with Gasteiger partial charge in [0.1, 0.15) is 12.1 Å². The molecule has 32 heavy (non-hydrogen) atoms. The predicted octanol–water partition coefficient (Wildman–Crippen LogP) is 5.27. The van der Waals surface area contributed by atoms with Crippen molar-refractivity contribution in [3.8, 4) is 0 Å². The van der Waals surface area contributed by atoms with Crippen LogP contribution < -0.4 is 4.90 Å². The lowest BCUT2D eigenvalue weighted by atomic mass is 9.88. The normalized spacial score (nSPS) is 20.1. The number of para-hydroxylation sites is 1. The van der Waals surface area contributed by atoms with Crippen LogP contribution in [0.1, 0.15) is 34.0 Å². The number of fused-ring (bicyclic) bond motifs is 4. The fourth-order valence-electron chi connectivity index (χ4n) is 5.17. The fourth-order valence-corrected chi connectivity index (χ4v) is 5.17. The van der Waals surface area contributed by atoms with Gasteiger partial charge >= 0.3 is 6.03 Å². The Morgan fingerprint density at radius 3 is 2.44 bits per heavy atom. The Balaban J connectivity index is 1.55. The van der Waals surface area contributed by atoms with Gasteiger partial charge in [0.2, 0.25) is 0 Å². The number of aryl methyl sites for hydroxylation is 2. The lowest BCUT2D eigenvalue weighted by Gasteiger charge is -2.36. The number of benzene rings is 3. The van der Waals surface area contributed by atoms with Gasteiger partial charge in [-0.1, -0.05) is 60.2 Å². The van der Waals surface area contributed by atoms with Crippen LogP contribution in [-0.2, 0) is 11.2 Å². The molecule has 2 aliphatic heterocycles. The average molecular weight is 422 g/mol. The maximum absolute atomic E-state index is 13.8. The second kappa shape index (κ2) is 6.82. The SMILES string of the molecule is Cc1ccc(C2c3[nH]c4ccccc4c3C[C@H]3C(=O)N(c4cccc(C)c4)C(=O)N23)cc1. The van der Waals surface area contributed by atoms with Crippen LogP contribution in [0.2, 0.25) is 0 Å². The number of H-pyrrole nitrogens is 1. The van der Waals surface area contributed by atoms with E-state index in [2.05, 4.69) is 35.3 Å². The number of carbonyl (C=O) groups excluding carboxylic acids is 2. The second-order valence-corrected chi connectivity index (χ2v) is 8.80. The Morgan fingerprint density at radius 2 is 1.66 bits per heavy atom. The standard InChI is InChI=1S/C27H23N3O2/c1-16-10-12-18(13-11-16)25-24-21(20-8-3-4-9-22(20)28-24)15-23-26(31)29(27(32)30(23)25)19-7-5-6-17(2)14-19/h3-14,23,25,28H,15H2,1-2H3/t23-,25?/m0/s1. The summed E-state index contributed by atoms with van der Waals surface area (Å²) in [5.41, 5.74) is 6.96. The zero-order valence-corrected chi connectivity index (χ0v) is 18.0. The zero-order valence-electron chi connectivity index (χ0n) is 18.0. The number of urea groups is 1. The minimum atomic E-state index is -0.527. The second-order valence-electron chi connectivity index (χ2n) is 8.80. The molecule has 0 aliphatic carbocycles. The van der Waals surface area contributed by atoms with E-state index < -0.39 is 6.04 Å². The predicted molar refractivity (Wildman–Crippen MR) is 125 cm³/mol. The van der Waals surface area contributed by atoms with Gasteiger partial charge in [-0.05, 0) is 48.7 Å². The van der Waals surface area contributed by atoms with E-state index in [1.165, 1.54) is 4.90 Å². The molecule has 3 amide bonds. The molecule has 158 valence electrons. The molecule has 1 unspecified atom stereocenters. The Labute approximate surface area is 186 Å². The third kappa shape index (κ3) is 2.64. The van der Waals surface area contributed by atoms with Gasteiger partial charge in [0.25, 0.3) is 5.91 Å². The first-order valence-corrected chi connectivity index (χ1v) is 10.9. The van der Waals surface area contributed by atoms with Crippen molar-refractivity contribution in [3.63, 3.8) is 0 Å². The maximum Gasteiger partial charge on any atom is 0.332 e. The monoisotopic (exact) mass is 421 g/mol. The Kier molecular flexibility index (Phi) is 4.02. The molecule has 1 fully saturated rings. The maximum atomic E-state index is 13.8. The van der Waals surface area contributed by atoms with Crippen LogP contribution in [0, 0.1) is 13.8 Å². The molecule has 0 spiro atoms. The number of carbonyl (C=O) groups is 2. The lowest BCUT2D eigenvalue weighted by Crippen LogP contribution is -2.44. The smallest absolute Gasteiger partial charge is 0.332 e. The van der Waals surface area contributed by atoms with Crippen molar-refractivity contribution in [2.75, 3.05) is 4.90 Å². The molecule has 1 saturated heterocycles. The number of aromatic amines is 1. The van der Waals surface area contributed by atoms with E-state index in [0.29, 0.717) is 12.1 Å². The molecule has 4 aromatic rings. The quantitative estimate of drug-likeness (QED) is 0.449.